The molecule has 0 aromatic heterocycles. The molecule has 1 heterocycles. The lowest BCUT2D eigenvalue weighted by Crippen LogP contribution is -2.48. The van der Waals surface area contributed by atoms with Crippen LogP contribution in [0.1, 0.15) is 25.3 Å². The van der Waals surface area contributed by atoms with Crippen LogP contribution in [0.25, 0.3) is 0 Å². The van der Waals surface area contributed by atoms with E-state index in [1.165, 1.54) is 0 Å². The second-order valence-corrected chi connectivity index (χ2v) is 6.51. The molecule has 0 bridgehead atoms. The van der Waals surface area contributed by atoms with Gasteiger partial charge in [-0.15, -0.1) is 0 Å². The molecule has 2 rings (SSSR count). The van der Waals surface area contributed by atoms with Crippen molar-refractivity contribution in [2.45, 2.75) is 37.8 Å². The molecule has 1 saturated heterocycles. The molecule has 1 N–H and O–H groups in total. The topological polar surface area (TPSA) is 32.7 Å². The van der Waals surface area contributed by atoms with Crippen LogP contribution in [-0.2, 0) is 6.42 Å². The Labute approximate surface area is 123 Å². The predicted molar refractivity (Wildman–Crippen MR) is 80.7 cm³/mol. The SMILES string of the molecule is COc1ccc(CC2(O)CCN(C)C(C)C2)cc1Br. The predicted octanol–water partition coefficient (Wildman–Crippen LogP) is 2.85. The Balaban J connectivity index is 2.10. The fourth-order valence-electron chi connectivity index (χ4n) is 2.77. The van der Waals surface area contributed by atoms with Crippen molar-refractivity contribution in [2.75, 3.05) is 20.7 Å². The highest BCUT2D eigenvalue weighted by molar-refractivity contribution is 9.10. The molecule has 0 saturated carbocycles. The molecule has 4 heteroatoms. The average Bonchev–Trinajstić information content (AvgIpc) is 2.34. The van der Waals surface area contributed by atoms with Crippen LogP contribution < -0.4 is 4.74 Å². The van der Waals surface area contributed by atoms with Gasteiger partial charge >= 0.3 is 0 Å². The van der Waals surface area contributed by atoms with E-state index in [-0.39, 0.29) is 0 Å². The molecule has 1 fully saturated rings. The van der Waals surface area contributed by atoms with Gasteiger partial charge in [-0.1, -0.05) is 6.07 Å². The van der Waals surface area contributed by atoms with Crippen molar-refractivity contribution in [3.63, 3.8) is 0 Å². The molecule has 0 aliphatic carbocycles. The van der Waals surface area contributed by atoms with E-state index >= 15 is 0 Å². The van der Waals surface area contributed by atoms with Crippen molar-refractivity contribution in [3.8, 4) is 5.75 Å². The zero-order chi connectivity index (χ0) is 14.0. The number of aliphatic hydroxyl groups is 1. The number of hydrogen-bond acceptors (Lipinski definition) is 3. The van der Waals surface area contributed by atoms with Crippen molar-refractivity contribution in [2.24, 2.45) is 0 Å². The van der Waals surface area contributed by atoms with Crippen molar-refractivity contribution in [3.05, 3.63) is 28.2 Å². The summed E-state index contributed by atoms with van der Waals surface area (Å²) in [6.45, 7) is 3.13. The summed E-state index contributed by atoms with van der Waals surface area (Å²) in [4.78, 5) is 2.30. The zero-order valence-electron chi connectivity index (χ0n) is 11.8. The highest BCUT2D eigenvalue weighted by atomic mass is 79.9. The van der Waals surface area contributed by atoms with Gasteiger partial charge in [-0.3, -0.25) is 0 Å². The normalized spacial score (nSPS) is 28.4. The number of piperidine rings is 1. The van der Waals surface area contributed by atoms with Crippen LogP contribution in [-0.4, -0.2) is 42.4 Å². The Hall–Kier alpha value is -0.580. The van der Waals surface area contributed by atoms with Gasteiger partial charge in [0.15, 0.2) is 0 Å². The lowest BCUT2D eigenvalue weighted by molar-refractivity contribution is -0.0353. The van der Waals surface area contributed by atoms with Crippen LogP contribution in [0, 0.1) is 0 Å². The van der Waals surface area contributed by atoms with Crippen LogP contribution >= 0.6 is 15.9 Å². The van der Waals surface area contributed by atoms with E-state index in [1.807, 2.05) is 18.2 Å². The fraction of sp³-hybridized carbons (Fsp3) is 0.600. The minimum atomic E-state index is -0.583. The summed E-state index contributed by atoms with van der Waals surface area (Å²) in [5.74, 6) is 0.826. The van der Waals surface area contributed by atoms with Gasteiger partial charge in [-0.2, -0.15) is 0 Å². The maximum absolute atomic E-state index is 10.8. The smallest absolute Gasteiger partial charge is 0.133 e. The van der Waals surface area contributed by atoms with Crippen molar-refractivity contribution in [1.82, 2.24) is 4.90 Å². The van der Waals surface area contributed by atoms with Crippen LogP contribution in [0.4, 0.5) is 0 Å². The first-order valence-electron chi connectivity index (χ1n) is 6.68. The molecule has 1 aliphatic heterocycles. The number of methoxy groups -OCH3 is 1. The molecule has 0 radical (unpaired) electrons. The Morgan fingerprint density at radius 2 is 2.26 bits per heavy atom. The molecular weight excluding hydrogens is 306 g/mol. The Bertz CT molecular complexity index is 452. The van der Waals surface area contributed by atoms with Gasteiger partial charge in [0.1, 0.15) is 5.75 Å². The van der Waals surface area contributed by atoms with E-state index in [9.17, 15) is 5.11 Å². The van der Waals surface area contributed by atoms with E-state index in [0.29, 0.717) is 12.5 Å². The summed E-state index contributed by atoms with van der Waals surface area (Å²) in [7, 11) is 3.78. The van der Waals surface area contributed by atoms with Gasteiger partial charge in [0.2, 0.25) is 0 Å². The zero-order valence-corrected chi connectivity index (χ0v) is 13.4. The van der Waals surface area contributed by atoms with Crippen LogP contribution in [0.3, 0.4) is 0 Å². The highest BCUT2D eigenvalue weighted by Crippen LogP contribution is 2.32. The standard InChI is InChI=1S/C15H22BrNO2/c1-11-9-15(18,6-7-17(11)2)10-12-4-5-14(19-3)13(16)8-12/h4-5,8,11,18H,6-7,9-10H2,1-3H3. The van der Waals surface area contributed by atoms with E-state index in [4.69, 9.17) is 4.74 Å². The summed E-state index contributed by atoms with van der Waals surface area (Å²) in [5, 5.41) is 10.8. The van der Waals surface area contributed by atoms with Crippen LogP contribution in [0.15, 0.2) is 22.7 Å². The maximum atomic E-state index is 10.8. The molecule has 0 spiro atoms. The maximum Gasteiger partial charge on any atom is 0.133 e. The van der Waals surface area contributed by atoms with E-state index in [2.05, 4.69) is 34.8 Å². The number of ether oxygens (including phenoxy) is 1. The minimum absolute atomic E-state index is 0.431. The first-order valence-corrected chi connectivity index (χ1v) is 7.48. The lowest BCUT2D eigenvalue weighted by Gasteiger charge is -2.41. The summed E-state index contributed by atoms with van der Waals surface area (Å²) in [6, 6.07) is 6.45. The average molecular weight is 328 g/mol. The monoisotopic (exact) mass is 327 g/mol. The molecule has 1 aliphatic rings. The van der Waals surface area contributed by atoms with Gasteiger partial charge in [0.25, 0.3) is 0 Å². The molecule has 1 aromatic rings. The third kappa shape index (κ3) is 3.50. The van der Waals surface area contributed by atoms with Gasteiger partial charge in [0.05, 0.1) is 17.2 Å². The molecule has 2 atom stereocenters. The first kappa shape index (κ1) is 14.8. The van der Waals surface area contributed by atoms with Crippen molar-refractivity contribution in [1.29, 1.82) is 0 Å². The lowest BCUT2D eigenvalue weighted by atomic mass is 9.82. The molecule has 1 aromatic carbocycles. The van der Waals surface area contributed by atoms with E-state index in [1.54, 1.807) is 7.11 Å². The largest absolute Gasteiger partial charge is 0.496 e. The summed E-state index contributed by atoms with van der Waals surface area (Å²) >= 11 is 3.50. The summed E-state index contributed by atoms with van der Waals surface area (Å²) in [6.07, 6.45) is 2.36. The first-order chi connectivity index (χ1) is 8.93. The highest BCUT2D eigenvalue weighted by Gasteiger charge is 2.35. The molecule has 0 amide bonds. The number of halogens is 1. The number of likely N-dealkylation sites (tertiary alicyclic amines) is 1. The minimum Gasteiger partial charge on any atom is -0.496 e. The second-order valence-electron chi connectivity index (χ2n) is 5.65. The van der Waals surface area contributed by atoms with E-state index in [0.717, 1.165) is 35.2 Å². The summed E-state index contributed by atoms with van der Waals surface area (Å²) < 4.78 is 6.17. The number of hydrogen-bond donors (Lipinski definition) is 1. The quantitative estimate of drug-likeness (QED) is 0.926. The number of nitrogens with zero attached hydrogens (tertiary/aromatic N) is 1. The van der Waals surface area contributed by atoms with Crippen LogP contribution in [0.5, 0.6) is 5.75 Å². The number of rotatable bonds is 3. The molecule has 2 unspecified atom stereocenters. The number of benzene rings is 1. The Kier molecular flexibility index (Phi) is 4.54. The molecular formula is C15H22BrNO2. The van der Waals surface area contributed by atoms with E-state index < -0.39 is 5.60 Å². The Morgan fingerprint density at radius 1 is 1.53 bits per heavy atom. The van der Waals surface area contributed by atoms with Gasteiger partial charge in [0, 0.05) is 19.0 Å². The van der Waals surface area contributed by atoms with Crippen molar-refractivity contribution < 1.29 is 9.84 Å². The van der Waals surface area contributed by atoms with Crippen LogP contribution in [0.2, 0.25) is 0 Å². The Morgan fingerprint density at radius 3 is 2.84 bits per heavy atom. The van der Waals surface area contributed by atoms with Gasteiger partial charge in [-0.05, 0) is 60.4 Å². The third-order valence-corrected chi connectivity index (χ3v) is 4.73. The summed E-state index contributed by atoms with van der Waals surface area (Å²) in [5.41, 5.74) is 0.562. The van der Waals surface area contributed by atoms with Gasteiger partial charge < -0.3 is 14.7 Å². The molecule has 3 nitrogen and oxygen atoms in total. The van der Waals surface area contributed by atoms with Crippen molar-refractivity contribution >= 4 is 15.9 Å². The third-order valence-electron chi connectivity index (χ3n) is 4.11. The molecule has 19 heavy (non-hydrogen) atoms. The van der Waals surface area contributed by atoms with Gasteiger partial charge in [-0.25, -0.2) is 0 Å². The fourth-order valence-corrected chi connectivity index (χ4v) is 3.36. The second kappa shape index (κ2) is 5.81. The molecule has 106 valence electrons.